The fourth-order valence-corrected chi connectivity index (χ4v) is 1.76. The summed E-state index contributed by atoms with van der Waals surface area (Å²) in [6, 6.07) is 10.3. The number of nitrogens with zero attached hydrogens (tertiary/aromatic N) is 2. The lowest BCUT2D eigenvalue weighted by Crippen LogP contribution is -1.92. The molecule has 0 saturated heterocycles. The van der Waals surface area contributed by atoms with Crippen molar-refractivity contribution in [1.29, 1.82) is 5.26 Å². The second kappa shape index (κ2) is 5.29. The number of hydrogen-bond donors (Lipinski definition) is 0. The molecule has 0 amide bonds. The van der Waals surface area contributed by atoms with Gasteiger partial charge in [0.15, 0.2) is 0 Å². The molecule has 0 saturated carbocycles. The van der Waals surface area contributed by atoms with Gasteiger partial charge in [0.1, 0.15) is 17.7 Å². The van der Waals surface area contributed by atoms with Crippen molar-refractivity contribution in [2.75, 3.05) is 0 Å². The van der Waals surface area contributed by atoms with E-state index in [1.54, 1.807) is 18.2 Å². The van der Waals surface area contributed by atoms with E-state index < -0.39 is 11.6 Å². The largest absolute Gasteiger partial charge is 0.235 e. The fraction of sp³-hybridized carbons (Fsp3) is 0.0667. The average Bonchev–Trinajstić information content (AvgIpc) is 2.43. The summed E-state index contributed by atoms with van der Waals surface area (Å²) in [6.07, 6.45) is 0.414. The van der Waals surface area contributed by atoms with Crippen molar-refractivity contribution in [3.05, 3.63) is 76.1 Å². The summed E-state index contributed by atoms with van der Waals surface area (Å²) in [6.45, 7) is 6.85. The van der Waals surface area contributed by atoms with Gasteiger partial charge in [-0.3, -0.25) is 0 Å². The quantitative estimate of drug-likeness (QED) is 0.745. The second-order valence-electron chi connectivity index (χ2n) is 4.00. The Morgan fingerprint density at radius 1 is 1.05 bits per heavy atom. The maximum atomic E-state index is 13.2. The molecule has 92 valence electrons. The molecule has 2 rings (SSSR count). The average molecular weight is 254 g/mol. The van der Waals surface area contributed by atoms with Gasteiger partial charge in [-0.1, -0.05) is 17.7 Å². The molecular weight excluding hydrogens is 246 g/mol. The van der Waals surface area contributed by atoms with Gasteiger partial charge in [0.25, 0.3) is 0 Å². The van der Waals surface area contributed by atoms with Gasteiger partial charge in [0.2, 0.25) is 5.69 Å². The predicted molar refractivity (Wildman–Crippen MR) is 66.6 cm³/mol. The Labute approximate surface area is 109 Å². The van der Waals surface area contributed by atoms with E-state index in [0.29, 0.717) is 6.42 Å². The van der Waals surface area contributed by atoms with Crippen molar-refractivity contribution in [1.82, 2.24) is 0 Å². The first kappa shape index (κ1) is 12.7. The lowest BCUT2D eigenvalue weighted by molar-refractivity contribution is 0.623. The van der Waals surface area contributed by atoms with Crippen LogP contribution in [0.25, 0.3) is 4.85 Å². The van der Waals surface area contributed by atoms with Crippen LogP contribution in [-0.2, 0) is 6.42 Å². The molecule has 0 radical (unpaired) electrons. The number of nitriles is 1. The number of hydrogen-bond acceptors (Lipinski definition) is 1. The van der Waals surface area contributed by atoms with Crippen molar-refractivity contribution >= 4 is 5.69 Å². The summed E-state index contributed by atoms with van der Waals surface area (Å²) in [5.41, 5.74) is 1.41. The molecule has 0 bridgehead atoms. The topological polar surface area (TPSA) is 28.1 Å². The normalized spacial score (nSPS) is 9.68. The van der Waals surface area contributed by atoms with E-state index in [9.17, 15) is 8.78 Å². The van der Waals surface area contributed by atoms with Crippen molar-refractivity contribution in [2.24, 2.45) is 0 Å². The number of rotatable bonds is 2. The highest BCUT2D eigenvalue weighted by atomic mass is 19.1. The third-order valence-electron chi connectivity index (χ3n) is 2.69. The SMILES string of the molecule is [C-]#[N+]c1cc(Cc2ccc(F)c(C#N)c2)ccc1F. The molecule has 4 heteroatoms. The zero-order valence-corrected chi connectivity index (χ0v) is 9.82. The molecule has 0 heterocycles. The summed E-state index contributed by atoms with van der Waals surface area (Å²) in [7, 11) is 0. The van der Waals surface area contributed by atoms with Crippen LogP contribution in [0.5, 0.6) is 0 Å². The Hall–Kier alpha value is -2.72. The molecule has 0 aliphatic heterocycles. The van der Waals surface area contributed by atoms with Crippen LogP contribution >= 0.6 is 0 Å². The molecule has 2 aromatic rings. The molecule has 0 aliphatic rings. The van der Waals surface area contributed by atoms with E-state index in [1.165, 1.54) is 24.3 Å². The van der Waals surface area contributed by atoms with Crippen LogP contribution in [-0.4, -0.2) is 0 Å². The minimum Gasteiger partial charge on any atom is -0.235 e. The maximum Gasteiger partial charge on any atom is 0.222 e. The summed E-state index contributed by atoms with van der Waals surface area (Å²) in [4.78, 5) is 3.08. The lowest BCUT2D eigenvalue weighted by Gasteiger charge is -2.04. The molecule has 0 unspecified atom stereocenters. The van der Waals surface area contributed by atoms with Gasteiger partial charge in [0, 0.05) is 0 Å². The van der Waals surface area contributed by atoms with Gasteiger partial charge in [-0.15, -0.1) is 0 Å². The number of halogens is 2. The Bertz CT molecular complexity index is 648. The zero-order valence-electron chi connectivity index (χ0n) is 9.82. The van der Waals surface area contributed by atoms with Crippen LogP contribution in [0.15, 0.2) is 36.4 Å². The van der Waals surface area contributed by atoms with Crippen molar-refractivity contribution in [2.45, 2.75) is 6.42 Å². The molecule has 0 atom stereocenters. The summed E-state index contributed by atoms with van der Waals surface area (Å²) in [5, 5.41) is 8.75. The molecule has 0 N–H and O–H groups in total. The van der Waals surface area contributed by atoms with E-state index in [-0.39, 0.29) is 11.3 Å². The van der Waals surface area contributed by atoms with E-state index >= 15 is 0 Å². The molecule has 0 aromatic heterocycles. The molecule has 0 fully saturated rings. The van der Waals surface area contributed by atoms with E-state index in [0.717, 1.165) is 11.1 Å². The first-order valence-electron chi connectivity index (χ1n) is 5.48. The van der Waals surface area contributed by atoms with Crippen molar-refractivity contribution < 1.29 is 8.78 Å². The molecular formula is C15H8F2N2. The standard InChI is InChI=1S/C15H8F2N2/c1-19-15-8-11(3-5-14(15)17)6-10-2-4-13(16)12(7-10)9-18/h2-5,7-8H,6H2. The van der Waals surface area contributed by atoms with Crippen molar-refractivity contribution in [3.63, 3.8) is 0 Å². The minimum absolute atomic E-state index is 0.0231. The highest BCUT2D eigenvalue weighted by Gasteiger charge is 2.06. The zero-order chi connectivity index (χ0) is 13.8. The van der Waals surface area contributed by atoms with Gasteiger partial charge in [0.05, 0.1) is 12.1 Å². The van der Waals surface area contributed by atoms with E-state index in [2.05, 4.69) is 4.85 Å². The molecule has 0 aliphatic carbocycles. The predicted octanol–water partition coefficient (Wildman–Crippen LogP) is 3.98. The first-order valence-corrected chi connectivity index (χ1v) is 5.48. The Kier molecular flexibility index (Phi) is 3.54. The maximum absolute atomic E-state index is 13.2. The summed E-state index contributed by atoms with van der Waals surface area (Å²) >= 11 is 0. The molecule has 19 heavy (non-hydrogen) atoms. The number of benzene rings is 2. The van der Waals surface area contributed by atoms with Crippen LogP contribution in [0.3, 0.4) is 0 Å². The van der Waals surface area contributed by atoms with Crippen LogP contribution in [0.4, 0.5) is 14.5 Å². The van der Waals surface area contributed by atoms with Crippen LogP contribution < -0.4 is 0 Å². The molecule has 2 aromatic carbocycles. The van der Waals surface area contributed by atoms with Crippen LogP contribution in [0, 0.1) is 29.5 Å². The van der Waals surface area contributed by atoms with Crippen LogP contribution in [0.2, 0.25) is 0 Å². The summed E-state index contributed by atoms with van der Waals surface area (Å²) in [5.74, 6) is -1.12. The monoisotopic (exact) mass is 254 g/mol. The van der Waals surface area contributed by atoms with Gasteiger partial charge in [-0.25, -0.2) is 13.6 Å². The Morgan fingerprint density at radius 3 is 2.32 bits per heavy atom. The van der Waals surface area contributed by atoms with Crippen molar-refractivity contribution in [3.8, 4) is 6.07 Å². The third kappa shape index (κ3) is 2.75. The van der Waals surface area contributed by atoms with E-state index in [4.69, 9.17) is 11.8 Å². The van der Waals surface area contributed by atoms with Gasteiger partial charge in [-0.05, 0) is 36.2 Å². The first-order chi connectivity index (χ1) is 9.13. The minimum atomic E-state index is -0.563. The van der Waals surface area contributed by atoms with Gasteiger partial charge < -0.3 is 0 Å². The lowest BCUT2D eigenvalue weighted by atomic mass is 10.0. The smallest absolute Gasteiger partial charge is 0.222 e. The highest BCUT2D eigenvalue weighted by Crippen LogP contribution is 2.21. The Balaban J connectivity index is 2.32. The highest BCUT2D eigenvalue weighted by molar-refractivity contribution is 5.49. The summed E-state index contributed by atoms with van der Waals surface area (Å²) < 4.78 is 26.3. The molecule has 2 nitrogen and oxygen atoms in total. The van der Waals surface area contributed by atoms with Crippen LogP contribution in [0.1, 0.15) is 16.7 Å². The van der Waals surface area contributed by atoms with Gasteiger partial charge in [-0.2, -0.15) is 5.26 Å². The van der Waals surface area contributed by atoms with Gasteiger partial charge >= 0.3 is 0 Å². The Morgan fingerprint density at radius 2 is 1.68 bits per heavy atom. The fourth-order valence-electron chi connectivity index (χ4n) is 1.76. The van der Waals surface area contributed by atoms with E-state index in [1.807, 2.05) is 0 Å². The third-order valence-corrected chi connectivity index (χ3v) is 2.69. The second-order valence-corrected chi connectivity index (χ2v) is 4.00. The molecule has 0 spiro atoms.